The van der Waals surface area contributed by atoms with Crippen molar-refractivity contribution in [1.29, 1.82) is 0 Å². The first-order chi connectivity index (χ1) is 14.1. The number of fused-ring (bicyclic) bond motifs is 1. The van der Waals surface area contributed by atoms with E-state index in [1.54, 1.807) is 19.4 Å². The molecule has 150 valence electrons. The molecule has 29 heavy (non-hydrogen) atoms. The third-order valence-electron chi connectivity index (χ3n) is 5.27. The van der Waals surface area contributed by atoms with Crippen LogP contribution in [-0.2, 0) is 4.79 Å². The number of aromatic nitrogens is 3. The molecule has 1 aliphatic heterocycles. The lowest BCUT2D eigenvalue weighted by Crippen LogP contribution is -2.41. The highest BCUT2D eigenvalue weighted by atomic mass is 16.5. The Labute approximate surface area is 168 Å². The zero-order valence-corrected chi connectivity index (χ0v) is 16.4. The van der Waals surface area contributed by atoms with Crippen molar-refractivity contribution in [2.45, 2.75) is 25.8 Å². The van der Waals surface area contributed by atoms with E-state index >= 15 is 0 Å². The summed E-state index contributed by atoms with van der Waals surface area (Å²) in [6.07, 6.45) is 3.56. The Kier molecular flexibility index (Phi) is 5.16. The number of rotatable bonds is 5. The Bertz CT molecular complexity index is 1040. The third-order valence-corrected chi connectivity index (χ3v) is 5.27. The SMILES string of the molecule is COc1ccc(-c2nc3nccc(C(=O)NCC(=O)N4CCC[C@H]4C)c3[nH]2)cc1. The van der Waals surface area contributed by atoms with E-state index in [0.29, 0.717) is 22.6 Å². The molecule has 1 aliphatic rings. The van der Waals surface area contributed by atoms with Gasteiger partial charge in [-0.2, -0.15) is 0 Å². The maximum Gasteiger partial charge on any atom is 0.254 e. The largest absolute Gasteiger partial charge is 0.497 e. The number of carbonyl (C=O) groups excluding carboxylic acids is 2. The Balaban J connectivity index is 1.53. The van der Waals surface area contributed by atoms with Crippen molar-refractivity contribution >= 4 is 23.0 Å². The number of pyridine rings is 1. The van der Waals surface area contributed by atoms with Crippen LogP contribution in [0.2, 0.25) is 0 Å². The summed E-state index contributed by atoms with van der Waals surface area (Å²) in [6, 6.07) is 9.30. The maximum absolute atomic E-state index is 12.7. The number of methoxy groups -OCH3 is 1. The molecule has 0 radical (unpaired) electrons. The summed E-state index contributed by atoms with van der Waals surface area (Å²) >= 11 is 0. The third kappa shape index (κ3) is 3.78. The van der Waals surface area contributed by atoms with Crippen molar-refractivity contribution in [2.24, 2.45) is 0 Å². The lowest BCUT2D eigenvalue weighted by atomic mass is 10.2. The molecule has 0 unspecified atom stereocenters. The summed E-state index contributed by atoms with van der Waals surface area (Å²) < 4.78 is 5.18. The molecule has 3 aromatic rings. The molecular weight excluding hydrogens is 370 g/mol. The van der Waals surface area contributed by atoms with Gasteiger partial charge in [-0.05, 0) is 50.1 Å². The van der Waals surface area contributed by atoms with E-state index in [0.717, 1.165) is 30.7 Å². The highest BCUT2D eigenvalue weighted by Gasteiger charge is 2.25. The number of benzene rings is 1. The highest BCUT2D eigenvalue weighted by Crippen LogP contribution is 2.23. The molecule has 3 heterocycles. The monoisotopic (exact) mass is 393 g/mol. The molecule has 1 fully saturated rings. The summed E-state index contributed by atoms with van der Waals surface area (Å²) in [5, 5.41) is 2.73. The van der Waals surface area contributed by atoms with Crippen molar-refractivity contribution in [3.63, 3.8) is 0 Å². The summed E-state index contributed by atoms with van der Waals surface area (Å²) in [5.74, 6) is 0.970. The predicted octanol–water partition coefficient (Wildman–Crippen LogP) is 2.37. The second-order valence-corrected chi connectivity index (χ2v) is 7.13. The summed E-state index contributed by atoms with van der Waals surface area (Å²) in [5.41, 5.74) is 2.25. The van der Waals surface area contributed by atoms with E-state index in [-0.39, 0.29) is 24.4 Å². The van der Waals surface area contributed by atoms with Crippen LogP contribution in [0.15, 0.2) is 36.5 Å². The molecule has 2 N–H and O–H groups in total. The quantitative estimate of drug-likeness (QED) is 0.693. The fourth-order valence-electron chi connectivity index (χ4n) is 3.64. The van der Waals surface area contributed by atoms with E-state index in [1.165, 1.54) is 0 Å². The Hall–Kier alpha value is -3.42. The van der Waals surface area contributed by atoms with Gasteiger partial charge in [-0.15, -0.1) is 0 Å². The topological polar surface area (TPSA) is 100 Å². The molecular formula is C21H23N5O3. The number of likely N-dealkylation sites (tertiary alicyclic amines) is 1. The van der Waals surface area contributed by atoms with Gasteiger partial charge in [0.15, 0.2) is 5.65 Å². The fraction of sp³-hybridized carbons (Fsp3) is 0.333. The minimum Gasteiger partial charge on any atom is -0.497 e. The van der Waals surface area contributed by atoms with E-state index < -0.39 is 0 Å². The van der Waals surface area contributed by atoms with Gasteiger partial charge < -0.3 is 19.9 Å². The zero-order valence-electron chi connectivity index (χ0n) is 16.4. The standard InChI is InChI=1S/C21H23N5O3/c1-13-4-3-11-26(13)17(27)12-23-21(28)16-9-10-22-20-18(16)24-19(25-20)14-5-7-15(29-2)8-6-14/h5-10,13H,3-4,11-12H2,1-2H3,(H,23,28)(H,22,24,25)/t13-/m1/s1. The van der Waals surface area contributed by atoms with E-state index in [1.807, 2.05) is 36.1 Å². The second-order valence-electron chi connectivity index (χ2n) is 7.13. The molecule has 0 saturated carbocycles. The fourth-order valence-corrected chi connectivity index (χ4v) is 3.64. The van der Waals surface area contributed by atoms with Gasteiger partial charge in [0.05, 0.1) is 24.7 Å². The average Bonchev–Trinajstić information content (AvgIpc) is 3.37. The van der Waals surface area contributed by atoms with Crippen molar-refractivity contribution < 1.29 is 14.3 Å². The van der Waals surface area contributed by atoms with Crippen LogP contribution in [0.25, 0.3) is 22.6 Å². The molecule has 1 aromatic carbocycles. The molecule has 2 aromatic heterocycles. The lowest BCUT2D eigenvalue weighted by Gasteiger charge is -2.21. The number of amides is 2. The smallest absolute Gasteiger partial charge is 0.254 e. The number of hydrogen-bond donors (Lipinski definition) is 2. The van der Waals surface area contributed by atoms with E-state index in [4.69, 9.17) is 4.74 Å². The van der Waals surface area contributed by atoms with Gasteiger partial charge in [0.25, 0.3) is 5.91 Å². The molecule has 4 rings (SSSR count). The number of carbonyl (C=O) groups is 2. The molecule has 0 aliphatic carbocycles. The van der Waals surface area contributed by atoms with Crippen LogP contribution >= 0.6 is 0 Å². The normalized spacial score (nSPS) is 16.2. The van der Waals surface area contributed by atoms with E-state index in [9.17, 15) is 9.59 Å². The first-order valence-corrected chi connectivity index (χ1v) is 9.63. The molecule has 1 atom stereocenters. The van der Waals surface area contributed by atoms with Gasteiger partial charge in [0.2, 0.25) is 5.91 Å². The van der Waals surface area contributed by atoms with Gasteiger partial charge in [-0.3, -0.25) is 9.59 Å². The minimum absolute atomic E-state index is 0.0214. The van der Waals surface area contributed by atoms with Gasteiger partial charge in [-0.1, -0.05) is 0 Å². The number of nitrogens with one attached hydrogen (secondary N) is 2. The zero-order chi connectivity index (χ0) is 20.4. The van der Waals surface area contributed by atoms with E-state index in [2.05, 4.69) is 20.3 Å². The molecule has 8 nitrogen and oxygen atoms in total. The van der Waals surface area contributed by atoms with Gasteiger partial charge in [-0.25, -0.2) is 9.97 Å². The molecule has 0 bridgehead atoms. The summed E-state index contributed by atoms with van der Waals surface area (Å²) in [6.45, 7) is 2.76. The Morgan fingerprint density at radius 1 is 1.28 bits per heavy atom. The molecule has 0 spiro atoms. The predicted molar refractivity (Wildman–Crippen MR) is 109 cm³/mol. The average molecular weight is 393 g/mol. The van der Waals surface area contributed by atoms with Crippen LogP contribution in [0.4, 0.5) is 0 Å². The Morgan fingerprint density at radius 2 is 2.07 bits per heavy atom. The van der Waals surface area contributed by atoms with Crippen LogP contribution in [0.5, 0.6) is 5.75 Å². The van der Waals surface area contributed by atoms with Crippen molar-refractivity contribution in [2.75, 3.05) is 20.2 Å². The lowest BCUT2D eigenvalue weighted by molar-refractivity contribution is -0.130. The van der Waals surface area contributed by atoms with Crippen LogP contribution in [-0.4, -0.2) is 57.9 Å². The molecule has 2 amide bonds. The summed E-state index contributed by atoms with van der Waals surface area (Å²) in [7, 11) is 1.61. The molecule has 1 saturated heterocycles. The maximum atomic E-state index is 12.7. The van der Waals surface area contributed by atoms with Crippen molar-refractivity contribution in [3.05, 3.63) is 42.1 Å². The number of aromatic amines is 1. The minimum atomic E-state index is -0.331. The Morgan fingerprint density at radius 3 is 2.76 bits per heavy atom. The molecule has 8 heteroatoms. The first-order valence-electron chi connectivity index (χ1n) is 9.63. The van der Waals surface area contributed by atoms with Crippen molar-refractivity contribution in [1.82, 2.24) is 25.2 Å². The van der Waals surface area contributed by atoms with Gasteiger partial charge in [0.1, 0.15) is 11.6 Å². The van der Waals surface area contributed by atoms with Crippen LogP contribution < -0.4 is 10.1 Å². The number of imidazole rings is 1. The van der Waals surface area contributed by atoms with Crippen LogP contribution in [0.1, 0.15) is 30.1 Å². The highest BCUT2D eigenvalue weighted by molar-refractivity contribution is 6.05. The number of nitrogens with zero attached hydrogens (tertiary/aromatic N) is 3. The second kappa shape index (κ2) is 7.90. The van der Waals surface area contributed by atoms with Crippen LogP contribution in [0, 0.1) is 0 Å². The number of ether oxygens (including phenoxy) is 1. The van der Waals surface area contributed by atoms with Crippen molar-refractivity contribution in [3.8, 4) is 17.1 Å². The van der Waals surface area contributed by atoms with Gasteiger partial charge >= 0.3 is 0 Å². The van der Waals surface area contributed by atoms with Crippen LogP contribution in [0.3, 0.4) is 0 Å². The number of H-pyrrole nitrogens is 1. The van der Waals surface area contributed by atoms with Gasteiger partial charge in [0, 0.05) is 24.3 Å². The first kappa shape index (κ1) is 18.9. The number of hydrogen-bond acceptors (Lipinski definition) is 5. The summed E-state index contributed by atoms with van der Waals surface area (Å²) in [4.78, 5) is 38.8.